The number of rotatable bonds is 6. The van der Waals surface area contributed by atoms with Gasteiger partial charge in [-0.15, -0.1) is 0 Å². The van der Waals surface area contributed by atoms with Gasteiger partial charge >= 0.3 is 5.97 Å². The highest BCUT2D eigenvalue weighted by Gasteiger charge is 2.34. The Hall–Kier alpha value is -2.58. The Morgan fingerprint density at radius 1 is 1.19 bits per heavy atom. The summed E-state index contributed by atoms with van der Waals surface area (Å²) in [6.45, 7) is -0.217. The molecule has 1 fully saturated rings. The molecular formula is C19H14BrNO5S. The molecule has 138 valence electrons. The summed E-state index contributed by atoms with van der Waals surface area (Å²) >= 11 is 4.21. The predicted molar refractivity (Wildman–Crippen MR) is 105 cm³/mol. The first kappa shape index (κ1) is 19.2. The molecule has 0 aromatic heterocycles. The van der Waals surface area contributed by atoms with Crippen LogP contribution in [-0.4, -0.2) is 33.7 Å². The van der Waals surface area contributed by atoms with Crippen molar-refractivity contribution in [3.8, 4) is 5.75 Å². The van der Waals surface area contributed by atoms with E-state index in [1.807, 2.05) is 30.3 Å². The molecule has 3 rings (SSSR count). The second-order valence-corrected chi connectivity index (χ2v) is 7.47. The smallest absolute Gasteiger partial charge is 0.341 e. The third-order valence-corrected chi connectivity index (χ3v) is 5.19. The SMILES string of the molecule is O=C(O)COc1ccc(/C=C2\SC(=O)N(Cc3ccccc3)C2=O)cc1Br. The van der Waals surface area contributed by atoms with Gasteiger partial charge in [-0.3, -0.25) is 14.5 Å². The number of carbonyl (C=O) groups is 3. The van der Waals surface area contributed by atoms with E-state index in [1.54, 1.807) is 24.3 Å². The van der Waals surface area contributed by atoms with E-state index in [4.69, 9.17) is 9.84 Å². The number of thioether (sulfide) groups is 1. The van der Waals surface area contributed by atoms with Crippen molar-refractivity contribution in [1.82, 2.24) is 4.90 Å². The van der Waals surface area contributed by atoms with Crippen LogP contribution in [0.2, 0.25) is 0 Å². The van der Waals surface area contributed by atoms with Crippen molar-refractivity contribution in [2.75, 3.05) is 6.61 Å². The summed E-state index contributed by atoms with van der Waals surface area (Å²) in [5.74, 6) is -1.03. The minimum atomic E-state index is -1.07. The third-order valence-electron chi connectivity index (χ3n) is 3.66. The van der Waals surface area contributed by atoms with Crippen molar-refractivity contribution in [1.29, 1.82) is 0 Å². The summed E-state index contributed by atoms with van der Waals surface area (Å²) in [6, 6.07) is 14.3. The Kier molecular flexibility index (Phi) is 5.98. The number of benzene rings is 2. The quantitative estimate of drug-likeness (QED) is 0.669. The molecule has 0 atom stereocenters. The average molecular weight is 448 g/mol. The molecule has 6 nitrogen and oxygen atoms in total. The molecule has 27 heavy (non-hydrogen) atoms. The number of hydrogen-bond acceptors (Lipinski definition) is 5. The lowest BCUT2D eigenvalue weighted by atomic mass is 10.2. The van der Waals surface area contributed by atoms with E-state index in [-0.39, 0.29) is 17.7 Å². The largest absolute Gasteiger partial charge is 0.481 e. The van der Waals surface area contributed by atoms with Gasteiger partial charge in [0.1, 0.15) is 5.75 Å². The number of imide groups is 1. The number of ether oxygens (including phenoxy) is 1. The van der Waals surface area contributed by atoms with E-state index >= 15 is 0 Å². The second-order valence-electron chi connectivity index (χ2n) is 5.63. The summed E-state index contributed by atoms with van der Waals surface area (Å²) in [5.41, 5.74) is 1.57. The first-order valence-electron chi connectivity index (χ1n) is 7.87. The van der Waals surface area contributed by atoms with Gasteiger partial charge in [0, 0.05) is 0 Å². The van der Waals surface area contributed by atoms with Gasteiger partial charge < -0.3 is 9.84 Å². The van der Waals surface area contributed by atoms with Crippen molar-refractivity contribution < 1.29 is 24.2 Å². The van der Waals surface area contributed by atoms with E-state index < -0.39 is 12.6 Å². The van der Waals surface area contributed by atoms with Crippen LogP contribution in [0.1, 0.15) is 11.1 Å². The van der Waals surface area contributed by atoms with Crippen LogP contribution >= 0.6 is 27.7 Å². The fourth-order valence-electron chi connectivity index (χ4n) is 2.42. The van der Waals surface area contributed by atoms with Gasteiger partial charge in [0.2, 0.25) is 0 Å². The number of carboxylic acid groups (broad SMARTS) is 1. The van der Waals surface area contributed by atoms with Crippen LogP contribution in [0.15, 0.2) is 57.9 Å². The summed E-state index contributed by atoms with van der Waals surface area (Å²) in [5, 5.41) is 8.36. The maximum Gasteiger partial charge on any atom is 0.341 e. The van der Waals surface area contributed by atoms with Crippen LogP contribution < -0.4 is 4.74 Å². The molecule has 1 aliphatic rings. The van der Waals surface area contributed by atoms with Gasteiger partial charge in [0.05, 0.1) is 15.9 Å². The minimum absolute atomic E-state index is 0.231. The fraction of sp³-hybridized carbons (Fsp3) is 0.105. The lowest BCUT2D eigenvalue weighted by Gasteiger charge is -2.12. The second kappa shape index (κ2) is 8.41. The van der Waals surface area contributed by atoms with Crippen LogP contribution in [0.3, 0.4) is 0 Å². The van der Waals surface area contributed by atoms with Crippen LogP contribution in [-0.2, 0) is 16.1 Å². The van der Waals surface area contributed by atoms with Crippen LogP contribution in [0.25, 0.3) is 6.08 Å². The van der Waals surface area contributed by atoms with Gasteiger partial charge in [-0.25, -0.2) is 4.79 Å². The standard InChI is InChI=1S/C19H14BrNO5S/c20-14-8-13(6-7-15(14)26-11-17(22)23)9-16-18(24)21(19(25)27-16)10-12-4-2-1-3-5-12/h1-9H,10-11H2,(H,22,23)/b16-9-. The number of halogens is 1. The van der Waals surface area contributed by atoms with E-state index in [0.717, 1.165) is 17.3 Å². The number of carbonyl (C=O) groups excluding carboxylic acids is 2. The predicted octanol–water partition coefficient (Wildman–Crippen LogP) is 4.15. The van der Waals surface area contributed by atoms with E-state index in [9.17, 15) is 14.4 Å². The Morgan fingerprint density at radius 2 is 1.93 bits per heavy atom. The highest BCUT2D eigenvalue weighted by molar-refractivity contribution is 9.10. The Labute approximate surface area is 167 Å². The van der Waals surface area contributed by atoms with Crippen molar-refractivity contribution in [3.63, 3.8) is 0 Å². The molecule has 1 aliphatic heterocycles. The van der Waals surface area contributed by atoms with Gasteiger partial charge in [0.25, 0.3) is 11.1 Å². The maximum atomic E-state index is 12.6. The van der Waals surface area contributed by atoms with Crippen molar-refractivity contribution >= 4 is 50.9 Å². The normalized spacial score (nSPS) is 15.4. The zero-order valence-corrected chi connectivity index (χ0v) is 16.3. The number of carboxylic acids is 1. The first-order chi connectivity index (χ1) is 12.9. The molecule has 0 spiro atoms. The molecule has 0 saturated carbocycles. The summed E-state index contributed by atoms with van der Waals surface area (Å²) < 4.78 is 5.70. The average Bonchev–Trinajstić information content (AvgIpc) is 2.89. The molecule has 2 aromatic carbocycles. The van der Waals surface area contributed by atoms with E-state index in [2.05, 4.69) is 15.9 Å². The van der Waals surface area contributed by atoms with Gasteiger partial charge in [0.15, 0.2) is 6.61 Å². The number of amides is 2. The molecule has 0 aliphatic carbocycles. The summed E-state index contributed by atoms with van der Waals surface area (Å²) in [6.07, 6.45) is 1.63. The monoisotopic (exact) mass is 447 g/mol. The third kappa shape index (κ3) is 4.78. The molecule has 2 aromatic rings. The summed E-state index contributed by atoms with van der Waals surface area (Å²) in [4.78, 5) is 36.9. The highest BCUT2D eigenvalue weighted by Crippen LogP contribution is 2.34. The lowest BCUT2D eigenvalue weighted by molar-refractivity contribution is -0.139. The summed E-state index contributed by atoms with van der Waals surface area (Å²) in [7, 11) is 0. The topological polar surface area (TPSA) is 83.9 Å². The molecule has 0 radical (unpaired) electrons. The van der Waals surface area contributed by atoms with Gasteiger partial charge in [-0.1, -0.05) is 36.4 Å². The molecule has 1 heterocycles. The maximum absolute atomic E-state index is 12.6. The first-order valence-corrected chi connectivity index (χ1v) is 9.48. The fourth-order valence-corrected chi connectivity index (χ4v) is 3.77. The van der Waals surface area contributed by atoms with Gasteiger partial charge in [-0.2, -0.15) is 0 Å². The van der Waals surface area contributed by atoms with Crippen molar-refractivity contribution in [2.24, 2.45) is 0 Å². The zero-order chi connectivity index (χ0) is 19.4. The lowest BCUT2D eigenvalue weighted by Crippen LogP contribution is -2.27. The molecule has 8 heteroatoms. The molecular weight excluding hydrogens is 434 g/mol. The molecule has 1 N–H and O–H groups in total. The molecule has 1 saturated heterocycles. The Bertz CT molecular complexity index is 929. The highest BCUT2D eigenvalue weighted by atomic mass is 79.9. The van der Waals surface area contributed by atoms with Crippen molar-refractivity contribution in [2.45, 2.75) is 6.54 Å². The number of nitrogens with zero attached hydrogens (tertiary/aromatic N) is 1. The van der Waals surface area contributed by atoms with Gasteiger partial charge in [-0.05, 0) is 57.0 Å². The van der Waals surface area contributed by atoms with Crippen LogP contribution in [0, 0.1) is 0 Å². The number of hydrogen-bond donors (Lipinski definition) is 1. The molecule has 0 bridgehead atoms. The Balaban J connectivity index is 1.75. The Morgan fingerprint density at radius 3 is 2.59 bits per heavy atom. The van der Waals surface area contributed by atoms with Crippen LogP contribution in [0.5, 0.6) is 5.75 Å². The molecule has 0 unspecified atom stereocenters. The van der Waals surface area contributed by atoms with Crippen molar-refractivity contribution in [3.05, 3.63) is 69.0 Å². The number of aliphatic carboxylic acids is 1. The van der Waals surface area contributed by atoms with Crippen LogP contribution in [0.4, 0.5) is 4.79 Å². The minimum Gasteiger partial charge on any atom is -0.481 e. The zero-order valence-electron chi connectivity index (χ0n) is 13.9. The molecule has 2 amide bonds. The van der Waals surface area contributed by atoms with E-state index in [1.165, 1.54) is 4.90 Å². The van der Waals surface area contributed by atoms with E-state index in [0.29, 0.717) is 20.7 Å².